The van der Waals surface area contributed by atoms with E-state index in [2.05, 4.69) is 52.0 Å². The molecule has 0 saturated heterocycles. The maximum Gasteiger partial charge on any atom is -0.00959 e. The van der Waals surface area contributed by atoms with Crippen LogP contribution in [-0.2, 0) is 0 Å². The van der Waals surface area contributed by atoms with Crippen LogP contribution in [0.1, 0.15) is 50.7 Å². The molecule has 1 aromatic rings. The molecule has 1 aromatic carbocycles. The van der Waals surface area contributed by atoms with Gasteiger partial charge in [0.15, 0.2) is 0 Å². The second kappa shape index (κ2) is 4.45. The van der Waals surface area contributed by atoms with Gasteiger partial charge in [-0.2, -0.15) is 0 Å². The molecular formula is C16H22. The minimum Gasteiger partial charge on any atom is -0.0741 e. The Bertz CT molecular complexity index is 412. The van der Waals surface area contributed by atoms with Gasteiger partial charge in [-0.3, -0.25) is 0 Å². The predicted octanol–water partition coefficient (Wildman–Crippen LogP) is 4.84. The van der Waals surface area contributed by atoms with Gasteiger partial charge in [-0.1, -0.05) is 47.9 Å². The quantitative estimate of drug-likeness (QED) is 0.586. The van der Waals surface area contributed by atoms with Crippen LogP contribution in [0.4, 0.5) is 0 Å². The van der Waals surface area contributed by atoms with Crippen molar-refractivity contribution in [1.29, 1.82) is 0 Å². The van der Waals surface area contributed by atoms with Crippen molar-refractivity contribution in [2.45, 2.75) is 46.5 Å². The molecule has 0 radical (unpaired) electrons. The van der Waals surface area contributed by atoms with Gasteiger partial charge < -0.3 is 0 Å². The summed E-state index contributed by atoms with van der Waals surface area (Å²) in [4.78, 5) is 0. The lowest BCUT2D eigenvalue weighted by Crippen LogP contribution is -2.16. The zero-order valence-corrected chi connectivity index (χ0v) is 10.9. The molecule has 0 saturated carbocycles. The summed E-state index contributed by atoms with van der Waals surface area (Å²) >= 11 is 0. The second-order valence-electron chi connectivity index (χ2n) is 5.47. The highest BCUT2D eigenvalue weighted by Crippen LogP contribution is 2.40. The average Bonchev–Trinajstić information content (AvgIpc) is 2.23. The molecule has 0 fully saturated rings. The molecule has 0 heteroatoms. The maximum absolute atomic E-state index is 2.39. The summed E-state index contributed by atoms with van der Waals surface area (Å²) < 4.78 is 0. The highest BCUT2D eigenvalue weighted by Gasteiger charge is 2.24. The molecule has 86 valence electrons. The van der Waals surface area contributed by atoms with Crippen LogP contribution in [0, 0.1) is 12.8 Å². The SMILES string of the molecule is CC1=C(C)C[C@@H](c2cccc(C)c2)[C@H](C)C1. The summed E-state index contributed by atoms with van der Waals surface area (Å²) in [5.41, 5.74) is 6.12. The van der Waals surface area contributed by atoms with Crippen molar-refractivity contribution in [3.63, 3.8) is 0 Å². The van der Waals surface area contributed by atoms with E-state index < -0.39 is 0 Å². The lowest BCUT2D eigenvalue weighted by molar-refractivity contribution is 0.424. The average molecular weight is 214 g/mol. The Morgan fingerprint density at radius 2 is 1.69 bits per heavy atom. The van der Waals surface area contributed by atoms with Crippen LogP contribution in [0.5, 0.6) is 0 Å². The molecule has 0 unspecified atom stereocenters. The Morgan fingerprint density at radius 1 is 1.00 bits per heavy atom. The third-order valence-corrected chi connectivity index (χ3v) is 4.04. The van der Waals surface area contributed by atoms with Crippen molar-refractivity contribution in [3.05, 3.63) is 46.5 Å². The maximum atomic E-state index is 2.39. The molecule has 0 aliphatic heterocycles. The Hall–Kier alpha value is -1.04. The Kier molecular flexibility index (Phi) is 3.18. The molecule has 0 spiro atoms. The summed E-state index contributed by atoms with van der Waals surface area (Å²) in [6, 6.07) is 9.03. The van der Waals surface area contributed by atoms with Crippen LogP contribution in [0.3, 0.4) is 0 Å². The van der Waals surface area contributed by atoms with Crippen LogP contribution in [-0.4, -0.2) is 0 Å². The molecule has 0 N–H and O–H groups in total. The number of allylic oxidation sites excluding steroid dienone is 2. The smallest absolute Gasteiger partial charge is 0.00959 e. The minimum absolute atomic E-state index is 0.726. The first-order valence-electron chi connectivity index (χ1n) is 6.29. The molecule has 1 aliphatic rings. The minimum atomic E-state index is 0.726. The first kappa shape index (κ1) is 11.4. The molecule has 0 heterocycles. The summed E-state index contributed by atoms with van der Waals surface area (Å²) in [6.45, 7) is 9.16. The van der Waals surface area contributed by atoms with Gasteiger partial charge in [0.2, 0.25) is 0 Å². The lowest BCUT2D eigenvalue weighted by Gasteiger charge is -2.31. The largest absolute Gasteiger partial charge is 0.0741 e. The summed E-state index contributed by atoms with van der Waals surface area (Å²) in [7, 11) is 0. The molecule has 0 bridgehead atoms. The van der Waals surface area contributed by atoms with Crippen LogP contribution >= 0.6 is 0 Å². The van der Waals surface area contributed by atoms with Gasteiger partial charge in [-0.25, -0.2) is 0 Å². The molecule has 0 nitrogen and oxygen atoms in total. The zero-order chi connectivity index (χ0) is 11.7. The van der Waals surface area contributed by atoms with Gasteiger partial charge in [0.25, 0.3) is 0 Å². The molecule has 1 aliphatic carbocycles. The van der Waals surface area contributed by atoms with E-state index in [0.717, 1.165) is 11.8 Å². The van der Waals surface area contributed by atoms with Crippen LogP contribution < -0.4 is 0 Å². The highest BCUT2D eigenvalue weighted by atomic mass is 14.3. The van der Waals surface area contributed by atoms with E-state index in [1.165, 1.54) is 24.0 Å². The molecule has 2 atom stereocenters. The fourth-order valence-electron chi connectivity index (χ4n) is 2.85. The number of benzene rings is 1. The van der Waals surface area contributed by atoms with E-state index in [9.17, 15) is 0 Å². The number of hydrogen-bond acceptors (Lipinski definition) is 0. The van der Waals surface area contributed by atoms with Crippen LogP contribution in [0.25, 0.3) is 0 Å². The van der Waals surface area contributed by atoms with E-state index in [4.69, 9.17) is 0 Å². The fourth-order valence-corrected chi connectivity index (χ4v) is 2.85. The Balaban J connectivity index is 2.29. The van der Waals surface area contributed by atoms with E-state index in [1.807, 2.05) is 0 Å². The standard InChI is InChI=1S/C16H22/c1-11-6-5-7-15(8-11)16-10-13(3)12(2)9-14(16)4/h5-8,14,16H,9-10H2,1-4H3/t14-,16-/m1/s1. The van der Waals surface area contributed by atoms with Crippen LogP contribution in [0.15, 0.2) is 35.4 Å². The molecule has 16 heavy (non-hydrogen) atoms. The van der Waals surface area contributed by atoms with Crippen molar-refractivity contribution in [2.75, 3.05) is 0 Å². The predicted molar refractivity (Wildman–Crippen MR) is 70.7 cm³/mol. The van der Waals surface area contributed by atoms with Crippen molar-refractivity contribution < 1.29 is 0 Å². The Morgan fingerprint density at radius 3 is 2.38 bits per heavy atom. The van der Waals surface area contributed by atoms with E-state index in [-0.39, 0.29) is 0 Å². The monoisotopic (exact) mass is 214 g/mol. The van der Waals surface area contributed by atoms with Crippen molar-refractivity contribution >= 4 is 0 Å². The van der Waals surface area contributed by atoms with Crippen LogP contribution in [0.2, 0.25) is 0 Å². The van der Waals surface area contributed by atoms with Crippen molar-refractivity contribution in [2.24, 2.45) is 5.92 Å². The molecular weight excluding hydrogens is 192 g/mol. The van der Waals surface area contributed by atoms with Gasteiger partial charge >= 0.3 is 0 Å². The first-order chi connectivity index (χ1) is 7.58. The van der Waals surface area contributed by atoms with Gasteiger partial charge in [0.1, 0.15) is 0 Å². The van der Waals surface area contributed by atoms with E-state index in [1.54, 1.807) is 11.1 Å². The third kappa shape index (κ3) is 2.21. The summed E-state index contributed by atoms with van der Waals surface area (Å²) in [5, 5.41) is 0. The Labute approximate surface area is 99.4 Å². The number of rotatable bonds is 1. The number of hydrogen-bond donors (Lipinski definition) is 0. The fraction of sp³-hybridized carbons (Fsp3) is 0.500. The zero-order valence-electron chi connectivity index (χ0n) is 10.9. The first-order valence-corrected chi connectivity index (χ1v) is 6.29. The molecule has 0 aromatic heterocycles. The normalized spacial score (nSPS) is 26.0. The van der Waals surface area contributed by atoms with Gasteiger partial charge in [-0.15, -0.1) is 0 Å². The van der Waals surface area contributed by atoms with Crippen molar-refractivity contribution in [3.8, 4) is 0 Å². The van der Waals surface area contributed by atoms with E-state index >= 15 is 0 Å². The molecule has 0 amide bonds. The van der Waals surface area contributed by atoms with Crippen molar-refractivity contribution in [1.82, 2.24) is 0 Å². The topological polar surface area (TPSA) is 0 Å². The highest BCUT2D eigenvalue weighted by molar-refractivity contribution is 5.30. The van der Waals surface area contributed by atoms with E-state index in [0.29, 0.717) is 0 Å². The molecule has 2 rings (SSSR count). The summed E-state index contributed by atoms with van der Waals surface area (Å²) in [5.74, 6) is 1.51. The van der Waals surface area contributed by atoms with Gasteiger partial charge in [0.05, 0.1) is 0 Å². The third-order valence-electron chi connectivity index (χ3n) is 4.04. The number of aryl methyl sites for hydroxylation is 1. The summed E-state index contributed by atoms with van der Waals surface area (Å²) in [6.07, 6.45) is 2.51. The second-order valence-corrected chi connectivity index (χ2v) is 5.47. The van der Waals surface area contributed by atoms with Gasteiger partial charge in [0, 0.05) is 0 Å². The van der Waals surface area contributed by atoms with Gasteiger partial charge in [-0.05, 0) is 51.0 Å². The lowest BCUT2D eigenvalue weighted by atomic mass is 9.74.